The molecule has 1 aromatic heterocycles. The summed E-state index contributed by atoms with van der Waals surface area (Å²) in [5.41, 5.74) is 1.84. The van der Waals surface area contributed by atoms with E-state index in [-0.39, 0.29) is 10.3 Å². The zero-order chi connectivity index (χ0) is 26.7. The Labute approximate surface area is 214 Å². The van der Waals surface area contributed by atoms with Gasteiger partial charge in [-0.25, -0.2) is 13.2 Å². The van der Waals surface area contributed by atoms with Crippen molar-refractivity contribution in [3.8, 4) is 0 Å². The van der Waals surface area contributed by atoms with Gasteiger partial charge in [0.15, 0.2) is 0 Å². The molecule has 0 bridgehead atoms. The first-order valence-corrected chi connectivity index (χ1v) is 13.2. The molecule has 0 aliphatic rings. The molecule has 9 nitrogen and oxygen atoms in total. The van der Waals surface area contributed by atoms with Crippen LogP contribution in [0.1, 0.15) is 22.7 Å². The molecule has 0 spiro atoms. The van der Waals surface area contributed by atoms with Crippen molar-refractivity contribution in [1.29, 1.82) is 0 Å². The van der Waals surface area contributed by atoms with E-state index in [2.05, 4.69) is 10.0 Å². The Morgan fingerprint density at radius 1 is 0.919 bits per heavy atom. The van der Waals surface area contributed by atoms with Crippen molar-refractivity contribution in [2.45, 2.75) is 24.3 Å². The summed E-state index contributed by atoms with van der Waals surface area (Å²) in [6.07, 6.45) is 0.590. The number of fused-ring (bicyclic) bond motifs is 1. The minimum atomic E-state index is -4.23. The standard InChI is InChI=1S/C27H28N4O5S/c1-18-9-11-19(12-10-18)15-16-28-25(32)24(20-7-5-4-6-8-20)29-37(35,36)21-13-14-23-22(17-21)26(33)31(3)27(34)30(23)2/h4-14,17,24,29H,15-16H2,1-3H3,(H,28,32)/t24-/m0/s1. The molecule has 192 valence electrons. The summed E-state index contributed by atoms with van der Waals surface area (Å²) in [6.45, 7) is 2.32. The molecule has 10 heteroatoms. The summed E-state index contributed by atoms with van der Waals surface area (Å²) in [6, 6.07) is 19.2. The molecular formula is C27H28N4O5S. The van der Waals surface area contributed by atoms with Gasteiger partial charge in [0.1, 0.15) is 6.04 Å². The summed E-state index contributed by atoms with van der Waals surface area (Å²) in [5.74, 6) is -0.499. The van der Waals surface area contributed by atoms with E-state index in [1.54, 1.807) is 30.3 Å². The number of amides is 1. The van der Waals surface area contributed by atoms with E-state index in [4.69, 9.17) is 0 Å². The molecule has 2 N–H and O–H groups in total. The highest BCUT2D eigenvalue weighted by molar-refractivity contribution is 7.89. The van der Waals surface area contributed by atoms with E-state index in [0.29, 0.717) is 24.0 Å². The van der Waals surface area contributed by atoms with Crippen molar-refractivity contribution in [2.24, 2.45) is 14.1 Å². The van der Waals surface area contributed by atoms with Gasteiger partial charge < -0.3 is 5.32 Å². The maximum absolute atomic E-state index is 13.4. The van der Waals surface area contributed by atoms with E-state index in [9.17, 15) is 22.8 Å². The predicted octanol–water partition coefficient (Wildman–Crippen LogP) is 1.92. The Balaban J connectivity index is 1.62. The van der Waals surface area contributed by atoms with Gasteiger partial charge in [-0.15, -0.1) is 0 Å². The quantitative estimate of drug-likeness (QED) is 0.368. The van der Waals surface area contributed by atoms with Crippen molar-refractivity contribution in [2.75, 3.05) is 6.54 Å². The molecule has 4 rings (SSSR count). The number of benzene rings is 3. The van der Waals surface area contributed by atoms with E-state index in [0.717, 1.165) is 15.7 Å². The summed E-state index contributed by atoms with van der Waals surface area (Å²) >= 11 is 0. The molecule has 1 heterocycles. The van der Waals surface area contributed by atoms with Gasteiger partial charge in [0.2, 0.25) is 15.9 Å². The minimum Gasteiger partial charge on any atom is -0.354 e. The molecule has 1 amide bonds. The number of nitrogens with one attached hydrogen (secondary N) is 2. The fourth-order valence-corrected chi connectivity index (χ4v) is 5.28. The van der Waals surface area contributed by atoms with Crippen LogP contribution < -0.4 is 21.3 Å². The number of aryl methyl sites for hydroxylation is 2. The van der Waals surface area contributed by atoms with Crippen LogP contribution in [-0.4, -0.2) is 30.0 Å². The van der Waals surface area contributed by atoms with Gasteiger partial charge in [0, 0.05) is 20.6 Å². The Kier molecular flexibility index (Phi) is 7.42. The van der Waals surface area contributed by atoms with Crippen LogP contribution in [0.15, 0.2) is 87.3 Å². The lowest BCUT2D eigenvalue weighted by Gasteiger charge is -2.19. The molecule has 0 radical (unpaired) electrons. The van der Waals surface area contributed by atoms with Gasteiger partial charge in [-0.1, -0.05) is 60.2 Å². The first kappa shape index (κ1) is 26.1. The Morgan fingerprint density at radius 2 is 1.59 bits per heavy atom. The van der Waals surface area contributed by atoms with Crippen molar-refractivity contribution in [1.82, 2.24) is 19.2 Å². The van der Waals surface area contributed by atoms with Crippen LogP contribution in [0.3, 0.4) is 0 Å². The zero-order valence-corrected chi connectivity index (χ0v) is 21.6. The average molecular weight is 521 g/mol. The second-order valence-electron chi connectivity index (χ2n) is 8.88. The third-order valence-electron chi connectivity index (χ3n) is 6.25. The highest BCUT2D eigenvalue weighted by Crippen LogP contribution is 2.20. The van der Waals surface area contributed by atoms with Crippen LogP contribution in [0.2, 0.25) is 0 Å². The third-order valence-corrected chi connectivity index (χ3v) is 7.67. The van der Waals surface area contributed by atoms with Crippen LogP contribution in [0.4, 0.5) is 0 Å². The second-order valence-corrected chi connectivity index (χ2v) is 10.6. The fourth-order valence-electron chi connectivity index (χ4n) is 4.07. The van der Waals surface area contributed by atoms with Crippen molar-refractivity contribution in [3.63, 3.8) is 0 Å². The van der Waals surface area contributed by atoms with Crippen LogP contribution in [-0.2, 0) is 35.3 Å². The average Bonchev–Trinajstić information content (AvgIpc) is 2.90. The lowest BCUT2D eigenvalue weighted by Crippen LogP contribution is -2.41. The van der Waals surface area contributed by atoms with Gasteiger partial charge in [-0.05, 0) is 42.7 Å². The summed E-state index contributed by atoms with van der Waals surface area (Å²) in [4.78, 5) is 37.8. The van der Waals surface area contributed by atoms with E-state index < -0.39 is 33.2 Å². The van der Waals surface area contributed by atoms with Gasteiger partial charge in [0.05, 0.1) is 15.8 Å². The molecule has 37 heavy (non-hydrogen) atoms. The SMILES string of the molecule is Cc1ccc(CCNC(=O)[C@@H](NS(=O)(=O)c2ccc3c(c2)c(=O)n(C)c(=O)n3C)c2ccccc2)cc1. The Bertz CT molecular complexity index is 1670. The molecule has 4 aromatic rings. The number of carbonyl (C=O) groups excluding carboxylic acids is 1. The largest absolute Gasteiger partial charge is 0.354 e. The lowest BCUT2D eigenvalue weighted by molar-refractivity contribution is -0.122. The summed E-state index contributed by atoms with van der Waals surface area (Å²) < 4.78 is 31.4. The second kappa shape index (κ2) is 10.5. The first-order chi connectivity index (χ1) is 17.6. The van der Waals surface area contributed by atoms with Gasteiger partial charge in [-0.2, -0.15) is 4.72 Å². The van der Waals surface area contributed by atoms with Crippen molar-refractivity contribution < 1.29 is 13.2 Å². The lowest BCUT2D eigenvalue weighted by atomic mass is 10.1. The minimum absolute atomic E-state index is 0.0753. The van der Waals surface area contributed by atoms with Crippen LogP contribution >= 0.6 is 0 Å². The molecular weight excluding hydrogens is 492 g/mol. The highest BCUT2D eigenvalue weighted by Gasteiger charge is 2.27. The predicted molar refractivity (Wildman–Crippen MR) is 142 cm³/mol. The topological polar surface area (TPSA) is 119 Å². The van der Waals surface area contributed by atoms with Crippen molar-refractivity contribution in [3.05, 3.63) is 110 Å². The van der Waals surface area contributed by atoms with Gasteiger partial charge in [-0.3, -0.25) is 18.7 Å². The van der Waals surface area contributed by atoms with Gasteiger partial charge >= 0.3 is 5.69 Å². The molecule has 0 fully saturated rings. The molecule has 0 aliphatic heterocycles. The van der Waals surface area contributed by atoms with Crippen LogP contribution in [0, 0.1) is 6.92 Å². The zero-order valence-electron chi connectivity index (χ0n) is 20.8. The number of carbonyl (C=O) groups is 1. The highest BCUT2D eigenvalue weighted by atomic mass is 32.2. The number of rotatable bonds is 8. The monoisotopic (exact) mass is 520 g/mol. The Hall–Kier alpha value is -4.02. The number of hydrogen-bond donors (Lipinski definition) is 2. The molecule has 0 unspecified atom stereocenters. The number of sulfonamides is 1. The molecule has 1 atom stereocenters. The molecule has 0 saturated heterocycles. The third kappa shape index (κ3) is 5.55. The number of nitrogens with zero attached hydrogens (tertiary/aromatic N) is 2. The summed E-state index contributed by atoms with van der Waals surface area (Å²) in [5, 5.41) is 2.90. The molecule has 3 aromatic carbocycles. The first-order valence-electron chi connectivity index (χ1n) is 11.7. The smallest absolute Gasteiger partial charge is 0.330 e. The molecule has 0 aliphatic carbocycles. The van der Waals surface area contributed by atoms with E-state index in [1.165, 1.54) is 36.9 Å². The number of hydrogen-bond acceptors (Lipinski definition) is 5. The normalized spacial score (nSPS) is 12.4. The fraction of sp³-hybridized carbons (Fsp3) is 0.222. The Morgan fingerprint density at radius 3 is 2.27 bits per heavy atom. The van der Waals surface area contributed by atoms with Crippen LogP contribution in [0.25, 0.3) is 10.9 Å². The van der Waals surface area contributed by atoms with E-state index in [1.807, 2.05) is 31.2 Å². The maximum atomic E-state index is 13.4. The number of aromatic nitrogens is 2. The van der Waals surface area contributed by atoms with Gasteiger partial charge in [0.25, 0.3) is 5.56 Å². The van der Waals surface area contributed by atoms with Crippen LogP contribution in [0.5, 0.6) is 0 Å². The van der Waals surface area contributed by atoms with E-state index >= 15 is 0 Å². The summed E-state index contributed by atoms with van der Waals surface area (Å²) in [7, 11) is -1.39. The molecule has 0 saturated carbocycles. The maximum Gasteiger partial charge on any atom is 0.330 e. The van der Waals surface area contributed by atoms with Crippen molar-refractivity contribution >= 4 is 26.8 Å².